The molecular weight excluding hydrogens is 208 g/mol. The van der Waals surface area contributed by atoms with Crippen molar-refractivity contribution in [2.24, 2.45) is 0 Å². The van der Waals surface area contributed by atoms with Crippen LogP contribution < -0.4 is 4.74 Å². The molecule has 2 aromatic carbocycles. The summed E-state index contributed by atoms with van der Waals surface area (Å²) in [5.41, 5.74) is 1.98. The van der Waals surface area contributed by atoms with Gasteiger partial charge in [0.25, 0.3) is 0 Å². The Labute approximate surface area is 101 Å². The van der Waals surface area contributed by atoms with Crippen molar-refractivity contribution in [1.82, 2.24) is 0 Å². The summed E-state index contributed by atoms with van der Waals surface area (Å²) < 4.78 is 5.14. The van der Waals surface area contributed by atoms with Crippen LogP contribution in [0, 0.1) is 11.8 Å². The number of rotatable bonds is 2. The van der Waals surface area contributed by atoms with Gasteiger partial charge in [-0.2, -0.15) is 0 Å². The topological polar surface area (TPSA) is 9.23 Å². The summed E-state index contributed by atoms with van der Waals surface area (Å²) in [6.45, 7) is 3.50. The normalized spacial score (nSPS) is 8.94. The lowest BCUT2D eigenvalue weighted by Gasteiger charge is -1.98. The quantitative estimate of drug-likeness (QED) is 0.555. The zero-order chi connectivity index (χ0) is 11.9. The van der Waals surface area contributed by atoms with Crippen molar-refractivity contribution in [3.8, 4) is 17.6 Å². The number of hydrogen-bond acceptors (Lipinski definition) is 1. The molecule has 0 bridgehead atoms. The average Bonchev–Trinajstić information content (AvgIpc) is 2.40. The molecule has 0 atom stereocenters. The second-order valence-corrected chi connectivity index (χ2v) is 3.42. The second-order valence-electron chi connectivity index (χ2n) is 3.42. The van der Waals surface area contributed by atoms with Gasteiger partial charge in [-0.15, -0.1) is 0 Å². The van der Waals surface area contributed by atoms with Crippen LogP contribution in [0.25, 0.3) is 0 Å². The summed E-state index contributed by atoms with van der Waals surface area (Å²) in [7, 11) is 0. The predicted octanol–water partition coefficient (Wildman–Crippen LogP) is 3.61. The van der Waals surface area contributed by atoms with Crippen molar-refractivity contribution < 1.29 is 4.74 Å². The van der Waals surface area contributed by atoms with Crippen LogP contribution in [0.1, 0.15) is 11.1 Å². The van der Waals surface area contributed by atoms with Crippen LogP contribution in [0.4, 0.5) is 0 Å². The Balaban J connectivity index is 2.14. The molecule has 0 amide bonds. The van der Waals surface area contributed by atoms with Gasteiger partial charge in [0.05, 0.1) is 6.26 Å². The Morgan fingerprint density at radius 2 is 1.41 bits per heavy atom. The third kappa shape index (κ3) is 3.25. The van der Waals surface area contributed by atoms with Crippen molar-refractivity contribution in [2.45, 2.75) is 0 Å². The first-order chi connectivity index (χ1) is 8.38. The van der Waals surface area contributed by atoms with Gasteiger partial charge in [-0.05, 0) is 36.4 Å². The summed E-state index contributed by atoms with van der Waals surface area (Å²) in [4.78, 5) is 0. The lowest BCUT2D eigenvalue weighted by molar-refractivity contribution is 0.483. The Morgan fingerprint density at radius 3 is 2.00 bits per heavy atom. The van der Waals surface area contributed by atoms with E-state index in [9.17, 15) is 0 Å². The fourth-order valence-electron chi connectivity index (χ4n) is 1.38. The molecular formula is C16H12O. The van der Waals surface area contributed by atoms with Crippen LogP contribution in [0.15, 0.2) is 67.4 Å². The first kappa shape index (κ1) is 11.0. The van der Waals surface area contributed by atoms with Crippen LogP contribution in [0.2, 0.25) is 0 Å². The smallest absolute Gasteiger partial charge is 0.126 e. The zero-order valence-corrected chi connectivity index (χ0v) is 9.39. The first-order valence-electron chi connectivity index (χ1n) is 5.33. The highest BCUT2D eigenvalue weighted by Gasteiger charge is 1.90. The van der Waals surface area contributed by atoms with E-state index in [2.05, 4.69) is 18.4 Å². The molecule has 1 nitrogen and oxygen atoms in total. The lowest BCUT2D eigenvalue weighted by atomic mass is 10.2. The average molecular weight is 220 g/mol. The van der Waals surface area contributed by atoms with E-state index >= 15 is 0 Å². The van der Waals surface area contributed by atoms with Gasteiger partial charge in [0.15, 0.2) is 0 Å². The van der Waals surface area contributed by atoms with Crippen molar-refractivity contribution in [3.05, 3.63) is 78.6 Å². The van der Waals surface area contributed by atoms with Gasteiger partial charge >= 0.3 is 0 Å². The maximum Gasteiger partial charge on any atom is 0.126 e. The van der Waals surface area contributed by atoms with E-state index in [0.29, 0.717) is 0 Å². The van der Waals surface area contributed by atoms with E-state index in [4.69, 9.17) is 4.74 Å². The Bertz CT molecular complexity index is 542. The molecule has 0 radical (unpaired) electrons. The maximum absolute atomic E-state index is 5.14. The third-order valence-electron chi connectivity index (χ3n) is 2.20. The summed E-state index contributed by atoms with van der Waals surface area (Å²) in [6, 6.07) is 17.5. The molecule has 0 unspecified atom stereocenters. The molecule has 0 saturated heterocycles. The van der Waals surface area contributed by atoms with Crippen molar-refractivity contribution in [3.63, 3.8) is 0 Å². The molecule has 0 saturated carbocycles. The molecule has 0 fully saturated rings. The van der Waals surface area contributed by atoms with Gasteiger partial charge in [-0.25, -0.2) is 0 Å². The molecule has 0 spiro atoms. The minimum Gasteiger partial charge on any atom is -0.466 e. The van der Waals surface area contributed by atoms with Gasteiger partial charge in [0, 0.05) is 11.1 Å². The van der Waals surface area contributed by atoms with Crippen LogP contribution in [0.5, 0.6) is 5.75 Å². The Hall–Kier alpha value is -2.46. The number of hydrogen-bond donors (Lipinski definition) is 0. The highest BCUT2D eigenvalue weighted by Crippen LogP contribution is 2.11. The first-order valence-corrected chi connectivity index (χ1v) is 5.33. The minimum absolute atomic E-state index is 0.769. The molecule has 2 aromatic rings. The molecule has 0 N–H and O–H groups in total. The maximum atomic E-state index is 5.14. The minimum atomic E-state index is 0.769. The van der Waals surface area contributed by atoms with E-state index in [-0.39, 0.29) is 0 Å². The summed E-state index contributed by atoms with van der Waals surface area (Å²) in [5, 5.41) is 0. The predicted molar refractivity (Wildman–Crippen MR) is 69.7 cm³/mol. The van der Waals surface area contributed by atoms with E-state index in [0.717, 1.165) is 16.9 Å². The molecule has 17 heavy (non-hydrogen) atoms. The molecule has 0 aliphatic rings. The monoisotopic (exact) mass is 220 g/mol. The van der Waals surface area contributed by atoms with Gasteiger partial charge in [-0.1, -0.05) is 36.6 Å². The summed E-state index contributed by atoms with van der Waals surface area (Å²) in [6.07, 6.45) is 1.41. The van der Waals surface area contributed by atoms with Gasteiger partial charge in [0.1, 0.15) is 5.75 Å². The van der Waals surface area contributed by atoms with E-state index in [1.54, 1.807) is 0 Å². The molecule has 0 aliphatic heterocycles. The second kappa shape index (κ2) is 5.58. The van der Waals surface area contributed by atoms with Crippen LogP contribution in [0.3, 0.4) is 0 Å². The molecule has 82 valence electrons. The van der Waals surface area contributed by atoms with E-state index in [1.807, 2.05) is 54.6 Å². The fourth-order valence-corrected chi connectivity index (χ4v) is 1.38. The molecule has 2 rings (SSSR count). The van der Waals surface area contributed by atoms with Crippen LogP contribution >= 0.6 is 0 Å². The SMILES string of the molecule is C=COc1ccc(C#Cc2ccccc2)cc1. The molecule has 0 aromatic heterocycles. The molecule has 1 heteroatoms. The summed E-state index contributed by atoms with van der Waals surface area (Å²) in [5.74, 6) is 6.97. The van der Waals surface area contributed by atoms with Crippen molar-refractivity contribution >= 4 is 0 Å². The van der Waals surface area contributed by atoms with Gasteiger partial charge in [-0.3, -0.25) is 0 Å². The third-order valence-corrected chi connectivity index (χ3v) is 2.20. The number of ether oxygens (including phenoxy) is 1. The van der Waals surface area contributed by atoms with Crippen molar-refractivity contribution in [2.75, 3.05) is 0 Å². The van der Waals surface area contributed by atoms with Gasteiger partial charge in [0.2, 0.25) is 0 Å². The fraction of sp³-hybridized carbons (Fsp3) is 0. The lowest BCUT2D eigenvalue weighted by Crippen LogP contribution is -1.81. The van der Waals surface area contributed by atoms with Crippen molar-refractivity contribution in [1.29, 1.82) is 0 Å². The molecule has 0 aliphatic carbocycles. The van der Waals surface area contributed by atoms with E-state index < -0.39 is 0 Å². The Morgan fingerprint density at radius 1 is 0.824 bits per heavy atom. The standard InChI is InChI=1S/C16H12O/c1-2-17-16-12-10-15(11-13-16)9-8-14-6-4-3-5-7-14/h2-7,10-13H,1H2. The highest BCUT2D eigenvalue weighted by atomic mass is 16.5. The number of benzene rings is 2. The summed E-state index contributed by atoms with van der Waals surface area (Å²) >= 11 is 0. The highest BCUT2D eigenvalue weighted by molar-refractivity contribution is 5.44. The van der Waals surface area contributed by atoms with Crippen LogP contribution in [-0.2, 0) is 0 Å². The zero-order valence-electron chi connectivity index (χ0n) is 9.39. The Kier molecular flexibility index (Phi) is 3.62. The van der Waals surface area contributed by atoms with E-state index in [1.165, 1.54) is 6.26 Å². The largest absolute Gasteiger partial charge is 0.466 e. The van der Waals surface area contributed by atoms with Crippen LogP contribution in [-0.4, -0.2) is 0 Å². The molecule has 0 heterocycles. The van der Waals surface area contributed by atoms with Gasteiger partial charge < -0.3 is 4.74 Å².